The Hall–Kier alpha value is -2.31. The minimum Gasteiger partial charge on any atom is -0.366 e. The van der Waals surface area contributed by atoms with Crippen LogP contribution in [0.5, 0.6) is 0 Å². The number of likely N-dealkylation sites (N-methyl/N-ethyl adjacent to an activating group) is 1. The second-order valence-electron chi connectivity index (χ2n) is 7.32. The predicted octanol–water partition coefficient (Wildman–Crippen LogP) is 2.68. The van der Waals surface area contributed by atoms with Crippen LogP contribution in [-0.4, -0.2) is 36.6 Å². The molecule has 1 aliphatic heterocycles. The van der Waals surface area contributed by atoms with Gasteiger partial charge in [0.05, 0.1) is 6.04 Å². The van der Waals surface area contributed by atoms with Gasteiger partial charge in [-0.1, -0.05) is 11.6 Å². The summed E-state index contributed by atoms with van der Waals surface area (Å²) in [5.74, 6) is -0.233. The van der Waals surface area contributed by atoms with E-state index >= 15 is 0 Å². The number of anilines is 1. The minimum absolute atomic E-state index is 0.170. The quantitative estimate of drug-likeness (QED) is 0.694. The molecule has 1 aromatic carbocycles. The van der Waals surface area contributed by atoms with Crippen LogP contribution in [-0.2, 0) is 6.54 Å². The number of pyridine rings is 1. The molecule has 7 heteroatoms. The van der Waals surface area contributed by atoms with E-state index < -0.39 is 0 Å². The summed E-state index contributed by atoms with van der Waals surface area (Å²) in [4.78, 5) is 30.1. The molecule has 1 aromatic heterocycles. The zero-order valence-electron chi connectivity index (χ0n) is 16.8. The highest BCUT2D eigenvalue weighted by Crippen LogP contribution is 2.30. The molecule has 1 fully saturated rings. The number of carbonyl (C=O) groups excluding carboxylic acids is 1. The number of aromatic amines is 1. The van der Waals surface area contributed by atoms with Crippen LogP contribution in [0.15, 0.2) is 23.0 Å². The number of aryl methyl sites for hydroxylation is 2. The second kappa shape index (κ2) is 8.37. The second-order valence-corrected chi connectivity index (χ2v) is 7.76. The van der Waals surface area contributed by atoms with Crippen molar-refractivity contribution < 1.29 is 4.79 Å². The average Bonchev–Trinajstić information content (AvgIpc) is 2.58. The first-order valence-electron chi connectivity index (χ1n) is 9.57. The fourth-order valence-corrected chi connectivity index (χ4v) is 3.90. The molecule has 6 nitrogen and oxygen atoms in total. The molecule has 1 amide bonds. The van der Waals surface area contributed by atoms with Crippen molar-refractivity contribution in [2.75, 3.05) is 24.5 Å². The number of nitrogens with one attached hydrogen (secondary N) is 3. The monoisotopic (exact) mass is 402 g/mol. The van der Waals surface area contributed by atoms with E-state index in [4.69, 9.17) is 11.6 Å². The maximum Gasteiger partial charge on any atom is 0.253 e. The standard InChI is InChI=1S/C21H27ClN4O2/c1-5-26(16-9-23-10-16)19-8-15(22)7-17(14(19)4)20(27)24-11-18-12(2)6-13(3)25-21(18)28/h6-8,16,23H,5,9-11H2,1-4H3,(H,24,27)(H,25,28). The number of amides is 1. The fraction of sp³-hybridized carbons (Fsp3) is 0.429. The van der Waals surface area contributed by atoms with E-state index in [0.717, 1.165) is 42.1 Å². The van der Waals surface area contributed by atoms with Gasteiger partial charge in [0, 0.05) is 53.7 Å². The molecule has 0 saturated carbocycles. The van der Waals surface area contributed by atoms with E-state index in [2.05, 4.69) is 27.4 Å². The molecule has 0 spiro atoms. The third-order valence-electron chi connectivity index (χ3n) is 5.36. The number of carbonyl (C=O) groups is 1. The molecule has 150 valence electrons. The Balaban J connectivity index is 1.85. The minimum atomic E-state index is -0.233. The normalized spacial score (nSPS) is 13.9. The first-order valence-corrected chi connectivity index (χ1v) is 9.94. The summed E-state index contributed by atoms with van der Waals surface area (Å²) >= 11 is 6.34. The van der Waals surface area contributed by atoms with Gasteiger partial charge in [-0.05, 0) is 57.0 Å². The van der Waals surface area contributed by atoms with Crippen molar-refractivity contribution in [3.8, 4) is 0 Å². The molecule has 0 aliphatic carbocycles. The van der Waals surface area contributed by atoms with Crippen molar-refractivity contribution in [2.24, 2.45) is 0 Å². The first-order chi connectivity index (χ1) is 13.3. The molecule has 28 heavy (non-hydrogen) atoms. The van der Waals surface area contributed by atoms with Gasteiger partial charge in [0.1, 0.15) is 0 Å². The Bertz CT molecular complexity index is 950. The highest BCUT2D eigenvalue weighted by molar-refractivity contribution is 6.31. The molecule has 0 radical (unpaired) electrons. The Kier molecular flexibility index (Phi) is 6.10. The lowest BCUT2D eigenvalue weighted by atomic mass is 10.0. The number of H-pyrrole nitrogens is 1. The van der Waals surface area contributed by atoms with Crippen LogP contribution in [0.3, 0.4) is 0 Å². The van der Waals surface area contributed by atoms with Crippen LogP contribution in [0.1, 0.15) is 39.7 Å². The molecule has 2 aromatic rings. The largest absolute Gasteiger partial charge is 0.366 e. The Morgan fingerprint density at radius 1 is 1.25 bits per heavy atom. The maximum atomic E-state index is 12.9. The third-order valence-corrected chi connectivity index (χ3v) is 5.58. The zero-order valence-corrected chi connectivity index (χ0v) is 17.5. The van der Waals surface area contributed by atoms with Crippen molar-refractivity contribution in [1.82, 2.24) is 15.6 Å². The van der Waals surface area contributed by atoms with Gasteiger partial charge in [-0.3, -0.25) is 9.59 Å². The Morgan fingerprint density at radius 3 is 2.54 bits per heavy atom. The van der Waals surface area contributed by atoms with Crippen LogP contribution >= 0.6 is 11.6 Å². The highest BCUT2D eigenvalue weighted by Gasteiger charge is 2.26. The van der Waals surface area contributed by atoms with Gasteiger partial charge in [-0.25, -0.2) is 0 Å². The maximum absolute atomic E-state index is 12.9. The lowest BCUT2D eigenvalue weighted by Crippen LogP contribution is -2.57. The van der Waals surface area contributed by atoms with Gasteiger partial charge in [-0.2, -0.15) is 0 Å². The highest BCUT2D eigenvalue weighted by atomic mass is 35.5. The van der Waals surface area contributed by atoms with E-state index in [1.165, 1.54) is 0 Å². The van der Waals surface area contributed by atoms with E-state index in [0.29, 0.717) is 22.2 Å². The van der Waals surface area contributed by atoms with Crippen LogP contribution in [0.2, 0.25) is 5.02 Å². The van der Waals surface area contributed by atoms with Crippen molar-refractivity contribution >= 4 is 23.2 Å². The topological polar surface area (TPSA) is 77.2 Å². The lowest BCUT2D eigenvalue weighted by Gasteiger charge is -2.40. The van der Waals surface area contributed by atoms with E-state index in [9.17, 15) is 9.59 Å². The molecule has 2 heterocycles. The lowest BCUT2D eigenvalue weighted by molar-refractivity contribution is 0.0950. The van der Waals surface area contributed by atoms with Gasteiger partial charge in [0.2, 0.25) is 0 Å². The molecule has 0 unspecified atom stereocenters. The van der Waals surface area contributed by atoms with Gasteiger partial charge in [-0.15, -0.1) is 0 Å². The SMILES string of the molecule is CCN(c1cc(Cl)cc(C(=O)NCc2c(C)cc(C)[nH]c2=O)c1C)C1CNC1. The van der Waals surface area contributed by atoms with Crippen molar-refractivity contribution in [2.45, 2.75) is 40.3 Å². The molecule has 3 N–H and O–H groups in total. The summed E-state index contributed by atoms with van der Waals surface area (Å²) < 4.78 is 0. The summed E-state index contributed by atoms with van der Waals surface area (Å²) in [5, 5.41) is 6.69. The third kappa shape index (κ3) is 4.08. The first kappa shape index (κ1) is 20.4. The summed E-state index contributed by atoms with van der Waals surface area (Å²) in [5.41, 5.74) is 4.47. The molecular weight excluding hydrogens is 376 g/mol. The molecule has 1 saturated heterocycles. The van der Waals surface area contributed by atoms with E-state index in [1.54, 1.807) is 6.07 Å². The Morgan fingerprint density at radius 2 is 1.96 bits per heavy atom. The van der Waals surface area contributed by atoms with Crippen LogP contribution in [0.4, 0.5) is 5.69 Å². The van der Waals surface area contributed by atoms with Gasteiger partial charge >= 0.3 is 0 Å². The van der Waals surface area contributed by atoms with E-state index in [-0.39, 0.29) is 18.0 Å². The number of benzene rings is 1. The summed E-state index contributed by atoms with van der Waals surface area (Å²) in [6.07, 6.45) is 0. The van der Waals surface area contributed by atoms with Crippen LogP contribution in [0.25, 0.3) is 0 Å². The predicted molar refractivity (Wildman–Crippen MR) is 114 cm³/mol. The summed E-state index contributed by atoms with van der Waals surface area (Å²) in [6.45, 7) is 10.6. The van der Waals surface area contributed by atoms with Crippen molar-refractivity contribution in [3.05, 3.63) is 61.5 Å². The summed E-state index contributed by atoms with van der Waals surface area (Å²) in [7, 11) is 0. The fourth-order valence-electron chi connectivity index (χ4n) is 3.68. The van der Waals surface area contributed by atoms with E-state index in [1.807, 2.05) is 32.9 Å². The number of hydrogen-bond donors (Lipinski definition) is 3. The van der Waals surface area contributed by atoms with Crippen LogP contribution in [0, 0.1) is 20.8 Å². The molecule has 0 bridgehead atoms. The number of hydrogen-bond acceptors (Lipinski definition) is 4. The van der Waals surface area contributed by atoms with Crippen LogP contribution < -0.4 is 21.1 Å². The molecule has 1 aliphatic rings. The summed E-state index contributed by atoms with van der Waals surface area (Å²) in [6, 6.07) is 5.92. The average molecular weight is 403 g/mol. The molecule has 0 atom stereocenters. The Labute approximate surface area is 170 Å². The number of nitrogens with zero attached hydrogens (tertiary/aromatic N) is 1. The molecular formula is C21H27ClN4O2. The van der Waals surface area contributed by atoms with Crippen molar-refractivity contribution in [1.29, 1.82) is 0 Å². The molecule has 3 rings (SSSR count). The smallest absolute Gasteiger partial charge is 0.253 e. The van der Waals surface area contributed by atoms with Gasteiger partial charge < -0.3 is 20.5 Å². The zero-order chi connectivity index (χ0) is 20.4. The number of aromatic nitrogens is 1. The number of halogens is 1. The van der Waals surface area contributed by atoms with Gasteiger partial charge in [0.15, 0.2) is 0 Å². The van der Waals surface area contributed by atoms with Crippen molar-refractivity contribution in [3.63, 3.8) is 0 Å². The van der Waals surface area contributed by atoms with Gasteiger partial charge in [0.25, 0.3) is 11.5 Å². The number of rotatable bonds is 6.